The van der Waals surface area contributed by atoms with Crippen molar-refractivity contribution < 1.29 is 9.47 Å². The number of nitrogens with zero attached hydrogens (tertiary/aromatic N) is 1. The lowest BCUT2D eigenvalue weighted by atomic mass is 9.97. The van der Waals surface area contributed by atoms with Crippen LogP contribution in [0.1, 0.15) is 0 Å². The van der Waals surface area contributed by atoms with Crippen LogP contribution in [0, 0.1) is 0 Å². The van der Waals surface area contributed by atoms with E-state index in [1.165, 1.54) is 0 Å². The summed E-state index contributed by atoms with van der Waals surface area (Å²) in [5.74, 6) is 2.52. The van der Waals surface area contributed by atoms with E-state index in [-0.39, 0.29) is 0 Å². The summed E-state index contributed by atoms with van der Waals surface area (Å²) in [5.41, 5.74) is 2.93. The quantitative estimate of drug-likeness (QED) is 0.400. The Labute approximate surface area is 133 Å². The Morgan fingerprint density at radius 1 is 0.870 bits per heavy atom. The number of fused-ring (bicyclic) bond motifs is 4. The minimum absolute atomic E-state index is 0.813. The van der Waals surface area contributed by atoms with Crippen LogP contribution in [0.4, 0.5) is 0 Å². The molecule has 4 aromatic rings. The van der Waals surface area contributed by atoms with Crippen molar-refractivity contribution in [3.63, 3.8) is 0 Å². The first kappa shape index (κ1) is 12.5. The fourth-order valence-corrected chi connectivity index (χ4v) is 3.28. The third kappa shape index (κ3) is 1.67. The highest BCUT2D eigenvalue weighted by molar-refractivity contribution is 6.14. The Kier molecular flexibility index (Phi) is 2.42. The van der Waals surface area contributed by atoms with Gasteiger partial charge in [-0.25, -0.2) is 4.98 Å². The predicted molar refractivity (Wildman–Crippen MR) is 91.3 cm³/mol. The van der Waals surface area contributed by atoms with Gasteiger partial charge in [-0.05, 0) is 35.7 Å². The van der Waals surface area contributed by atoms with Crippen LogP contribution in [0.25, 0.3) is 32.9 Å². The number of methoxy groups -OCH3 is 1. The van der Waals surface area contributed by atoms with Crippen LogP contribution in [-0.4, -0.2) is 12.1 Å². The van der Waals surface area contributed by atoms with E-state index in [1.807, 2.05) is 42.5 Å². The number of pyridine rings is 1. The molecule has 0 saturated heterocycles. The highest BCUT2D eigenvalue weighted by Gasteiger charge is 2.22. The second kappa shape index (κ2) is 4.46. The van der Waals surface area contributed by atoms with Gasteiger partial charge in [0, 0.05) is 17.0 Å². The molecule has 23 heavy (non-hydrogen) atoms. The first-order chi connectivity index (χ1) is 11.3. The van der Waals surface area contributed by atoms with Crippen molar-refractivity contribution in [3.8, 4) is 28.5 Å². The van der Waals surface area contributed by atoms with Crippen LogP contribution >= 0.6 is 0 Å². The third-order valence-corrected chi connectivity index (χ3v) is 4.35. The summed E-state index contributed by atoms with van der Waals surface area (Å²) in [5, 5.41) is 3.33. The number of para-hydroxylation sites is 1. The van der Waals surface area contributed by atoms with Crippen molar-refractivity contribution in [1.82, 2.24) is 4.98 Å². The molecule has 0 amide bonds. The fourth-order valence-electron chi connectivity index (χ4n) is 3.28. The molecule has 5 rings (SSSR count). The number of ether oxygens (including phenoxy) is 2. The van der Waals surface area contributed by atoms with Gasteiger partial charge in [0.05, 0.1) is 23.7 Å². The molecular weight excluding hydrogens is 286 g/mol. The smallest absolute Gasteiger partial charge is 0.137 e. The van der Waals surface area contributed by atoms with Crippen molar-refractivity contribution in [2.24, 2.45) is 0 Å². The van der Waals surface area contributed by atoms with Crippen LogP contribution < -0.4 is 9.47 Å². The van der Waals surface area contributed by atoms with Crippen molar-refractivity contribution in [2.45, 2.75) is 0 Å². The normalized spacial score (nSPS) is 12.0. The molecular formula is C20H13NO2. The Hall–Kier alpha value is -3.07. The van der Waals surface area contributed by atoms with E-state index in [9.17, 15) is 0 Å². The zero-order chi connectivity index (χ0) is 15.4. The molecule has 0 atom stereocenters. The number of aromatic nitrogens is 1. The molecule has 0 bridgehead atoms. The lowest BCUT2D eigenvalue weighted by Crippen LogP contribution is -1.99. The lowest BCUT2D eigenvalue weighted by Gasteiger charge is -2.21. The Morgan fingerprint density at radius 3 is 2.65 bits per heavy atom. The number of benzene rings is 3. The minimum atomic E-state index is 0.813. The molecule has 0 N–H and O–H groups in total. The van der Waals surface area contributed by atoms with Gasteiger partial charge in [-0.2, -0.15) is 0 Å². The van der Waals surface area contributed by atoms with E-state index in [4.69, 9.17) is 14.5 Å². The van der Waals surface area contributed by atoms with Gasteiger partial charge in [0.1, 0.15) is 17.2 Å². The van der Waals surface area contributed by atoms with E-state index in [0.29, 0.717) is 0 Å². The Bertz CT molecular complexity index is 1090. The first-order valence-corrected chi connectivity index (χ1v) is 7.53. The van der Waals surface area contributed by atoms with Crippen molar-refractivity contribution >= 4 is 21.7 Å². The maximum absolute atomic E-state index is 6.08. The van der Waals surface area contributed by atoms with Gasteiger partial charge in [-0.3, -0.25) is 0 Å². The second-order valence-electron chi connectivity index (χ2n) is 5.62. The third-order valence-electron chi connectivity index (χ3n) is 4.35. The van der Waals surface area contributed by atoms with Crippen LogP contribution in [0.5, 0.6) is 17.2 Å². The lowest BCUT2D eigenvalue weighted by molar-refractivity contribution is 0.415. The van der Waals surface area contributed by atoms with Gasteiger partial charge >= 0.3 is 0 Å². The van der Waals surface area contributed by atoms with Gasteiger partial charge in [-0.1, -0.05) is 24.3 Å². The number of rotatable bonds is 1. The summed E-state index contributed by atoms with van der Waals surface area (Å²) in [7, 11) is 1.67. The number of hydrogen-bond donors (Lipinski definition) is 0. The minimum Gasteiger partial charge on any atom is -0.497 e. The van der Waals surface area contributed by atoms with E-state index in [1.54, 1.807) is 7.11 Å². The fraction of sp³-hybridized carbons (Fsp3) is 0.0500. The zero-order valence-corrected chi connectivity index (χ0v) is 12.5. The van der Waals surface area contributed by atoms with Crippen molar-refractivity contribution in [2.75, 3.05) is 7.11 Å². The largest absolute Gasteiger partial charge is 0.497 e. The standard InChI is InChI=1S/C20H13NO2/c1-22-12-9-10-13-14-6-4-8-18-19(14)20(21-16(13)11-12)15-5-2-3-7-17(15)23-18/h2-11H,1H3. The SMILES string of the molecule is COc1ccc2c(c1)nc1c3c(cccc32)Oc2ccccc2-1. The van der Waals surface area contributed by atoms with Crippen LogP contribution in [0.3, 0.4) is 0 Å². The molecule has 0 radical (unpaired) electrons. The summed E-state index contributed by atoms with van der Waals surface area (Å²) < 4.78 is 11.4. The first-order valence-electron chi connectivity index (χ1n) is 7.53. The van der Waals surface area contributed by atoms with Crippen LogP contribution in [-0.2, 0) is 0 Å². The summed E-state index contributed by atoms with van der Waals surface area (Å²) in [6.45, 7) is 0. The molecule has 0 unspecified atom stereocenters. The molecule has 3 aromatic carbocycles. The maximum atomic E-state index is 6.08. The highest BCUT2D eigenvalue weighted by Crippen LogP contribution is 2.47. The van der Waals surface area contributed by atoms with E-state index in [0.717, 1.165) is 50.2 Å². The van der Waals surface area contributed by atoms with Crippen molar-refractivity contribution in [1.29, 1.82) is 0 Å². The second-order valence-corrected chi connectivity index (χ2v) is 5.62. The maximum Gasteiger partial charge on any atom is 0.137 e. The topological polar surface area (TPSA) is 31.4 Å². The molecule has 1 aromatic heterocycles. The van der Waals surface area contributed by atoms with Gasteiger partial charge in [-0.15, -0.1) is 0 Å². The highest BCUT2D eigenvalue weighted by atomic mass is 16.5. The Balaban J connectivity index is 1.99. The predicted octanol–water partition coefficient (Wildman–Crippen LogP) is 5.17. The van der Waals surface area contributed by atoms with Gasteiger partial charge in [0.2, 0.25) is 0 Å². The molecule has 0 fully saturated rings. The molecule has 0 spiro atoms. The molecule has 2 heterocycles. The van der Waals surface area contributed by atoms with Crippen molar-refractivity contribution in [3.05, 3.63) is 60.7 Å². The molecule has 110 valence electrons. The summed E-state index contributed by atoms with van der Waals surface area (Å²) >= 11 is 0. The van der Waals surface area contributed by atoms with E-state index >= 15 is 0 Å². The molecule has 1 aliphatic heterocycles. The molecule has 3 nitrogen and oxygen atoms in total. The summed E-state index contributed by atoms with van der Waals surface area (Å²) in [6, 6.07) is 20.2. The average Bonchev–Trinajstić information content (AvgIpc) is 2.61. The monoisotopic (exact) mass is 299 g/mol. The van der Waals surface area contributed by atoms with Crippen LogP contribution in [0.2, 0.25) is 0 Å². The zero-order valence-electron chi connectivity index (χ0n) is 12.5. The average molecular weight is 299 g/mol. The Morgan fingerprint density at radius 2 is 1.74 bits per heavy atom. The van der Waals surface area contributed by atoms with Gasteiger partial charge in [0.15, 0.2) is 0 Å². The summed E-state index contributed by atoms with van der Waals surface area (Å²) in [6.07, 6.45) is 0. The van der Waals surface area contributed by atoms with Crippen LogP contribution in [0.15, 0.2) is 60.7 Å². The van der Waals surface area contributed by atoms with Gasteiger partial charge < -0.3 is 9.47 Å². The molecule has 0 saturated carbocycles. The van der Waals surface area contributed by atoms with E-state index < -0.39 is 0 Å². The van der Waals surface area contributed by atoms with E-state index in [2.05, 4.69) is 18.2 Å². The summed E-state index contributed by atoms with van der Waals surface area (Å²) in [4.78, 5) is 4.92. The molecule has 1 aliphatic rings. The van der Waals surface area contributed by atoms with Gasteiger partial charge in [0.25, 0.3) is 0 Å². The number of hydrogen-bond acceptors (Lipinski definition) is 3. The molecule has 3 heteroatoms. The molecule has 0 aliphatic carbocycles.